The Kier molecular flexibility index (Phi) is 8.22. The number of aromatic nitrogens is 1. The summed E-state index contributed by atoms with van der Waals surface area (Å²) in [6.45, 7) is 2.37. The highest BCUT2D eigenvalue weighted by Gasteiger charge is 2.46. The fourth-order valence-electron chi connectivity index (χ4n) is 5.23. The molecule has 0 spiro atoms. The van der Waals surface area contributed by atoms with Gasteiger partial charge in [-0.2, -0.15) is 4.67 Å². The van der Waals surface area contributed by atoms with Crippen LogP contribution in [0.1, 0.15) is 35.3 Å². The first-order valence-electron chi connectivity index (χ1n) is 14.4. The van der Waals surface area contributed by atoms with Crippen LogP contribution in [-0.4, -0.2) is 28.7 Å². The molecule has 1 aliphatic rings. The lowest BCUT2D eigenvalue weighted by atomic mass is 10.0. The lowest BCUT2D eigenvalue weighted by Gasteiger charge is -2.33. The zero-order valence-electron chi connectivity index (χ0n) is 24.5. The molecule has 0 N–H and O–H groups in total. The third-order valence-corrected chi connectivity index (χ3v) is 9.38. The molecule has 9 nitrogen and oxygen atoms in total. The smallest absolute Gasteiger partial charge is 0.459 e. The van der Waals surface area contributed by atoms with Crippen LogP contribution >= 0.6 is 7.75 Å². The number of nitrogens with zero attached hydrogens (tertiary/aromatic N) is 3. The molecule has 0 atom stereocenters. The Morgan fingerprint density at radius 1 is 0.955 bits per heavy atom. The van der Waals surface area contributed by atoms with Crippen molar-refractivity contribution < 1.29 is 27.6 Å². The highest BCUT2D eigenvalue weighted by molar-refractivity contribution is 7.57. The molecule has 0 bridgehead atoms. The molecule has 44 heavy (non-hydrogen) atoms. The number of amides is 2. The normalized spacial score (nSPS) is 13.0. The first-order chi connectivity index (χ1) is 21.3. The van der Waals surface area contributed by atoms with Crippen LogP contribution in [0, 0.1) is 6.92 Å². The minimum absolute atomic E-state index is 0.0311. The molecule has 10 heteroatoms. The van der Waals surface area contributed by atoms with E-state index in [1.54, 1.807) is 66.7 Å². The van der Waals surface area contributed by atoms with Crippen molar-refractivity contribution in [2.45, 2.75) is 39.2 Å². The number of fused-ring (bicyclic) bond motifs is 2. The number of carbonyl (C=O) groups is 2. The predicted octanol–water partition coefficient (Wildman–Crippen LogP) is 7.27. The summed E-state index contributed by atoms with van der Waals surface area (Å²) in [5.41, 5.74) is 3.40. The van der Waals surface area contributed by atoms with E-state index in [1.165, 1.54) is 0 Å². The van der Waals surface area contributed by atoms with Crippen LogP contribution < -0.4 is 13.7 Å². The van der Waals surface area contributed by atoms with Gasteiger partial charge in [-0.1, -0.05) is 60.7 Å². The maximum absolute atomic E-state index is 14.4. The standard InChI is InChI=1S/C34H32N3O6P/c1-24-29-15-9-10-16-30(29)41-31(24)23-36(2)32(38)19-17-25-21-26-18-20-33(39)37(34(26)35-22-25)44(40,42-27-11-5-3-6-12-27)43-28-13-7-4-8-14-28/h3-16,21-22H,17-20,23H2,1-2H3. The quantitative estimate of drug-likeness (QED) is 0.153. The average Bonchev–Trinajstić information content (AvgIpc) is 3.35. The van der Waals surface area contributed by atoms with Crippen molar-refractivity contribution in [3.63, 3.8) is 0 Å². The molecule has 0 fully saturated rings. The molecule has 3 heterocycles. The summed E-state index contributed by atoms with van der Waals surface area (Å²) in [6, 6.07) is 26.9. The van der Waals surface area contributed by atoms with Crippen LogP contribution in [0.15, 0.2) is 102 Å². The summed E-state index contributed by atoms with van der Waals surface area (Å²) in [7, 11) is -2.52. The summed E-state index contributed by atoms with van der Waals surface area (Å²) in [6.07, 6.45) is 2.86. The molecular formula is C34H32N3O6P. The van der Waals surface area contributed by atoms with Crippen molar-refractivity contribution in [2.75, 3.05) is 11.7 Å². The molecule has 2 aromatic heterocycles. The number of para-hydroxylation sites is 3. The number of pyridine rings is 1. The van der Waals surface area contributed by atoms with E-state index in [2.05, 4.69) is 4.98 Å². The number of anilines is 1. The van der Waals surface area contributed by atoms with Gasteiger partial charge < -0.3 is 18.4 Å². The fraction of sp³-hybridized carbons (Fsp3) is 0.206. The van der Waals surface area contributed by atoms with Crippen LogP contribution in [0.4, 0.5) is 5.82 Å². The van der Waals surface area contributed by atoms with Crippen molar-refractivity contribution in [1.29, 1.82) is 0 Å². The van der Waals surface area contributed by atoms with E-state index >= 15 is 0 Å². The Bertz CT molecular complexity index is 1810. The number of benzene rings is 3. The van der Waals surface area contributed by atoms with Crippen molar-refractivity contribution in [1.82, 2.24) is 9.88 Å². The maximum Gasteiger partial charge on any atom is 0.552 e. The van der Waals surface area contributed by atoms with Crippen molar-refractivity contribution in [3.05, 3.63) is 120 Å². The molecule has 224 valence electrons. The van der Waals surface area contributed by atoms with Crippen LogP contribution in [0.2, 0.25) is 0 Å². The molecule has 0 saturated carbocycles. The second-order valence-electron chi connectivity index (χ2n) is 10.7. The average molecular weight is 610 g/mol. The van der Waals surface area contributed by atoms with Gasteiger partial charge >= 0.3 is 7.75 Å². The van der Waals surface area contributed by atoms with Crippen LogP contribution in [0.5, 0.6) is 11.5 Å². The van der Waals surface area contributed by atoms with E-state index in [-0.39, 0.29) is 24.6 Å². The lowest BCUT2D eigenvalue weighted by Crippen LogP contribution is -2.36. The van der Waals surface area contributed by atoms with Crippen LogP contribution in [-0.2, 0) is 33.5 Å². The highest BCUT2D eigenvalue weighted by atomic mass is 31.2. The molecular weight excluding hydrogens is 577 g/mol. The Labute approximate surface area is 255 Å². The van der Waals surface area contributed by atoms with Crippen LogP contribution in [0.3, 0.4) is 0 Å². The van der Waals surface area contributed by atoms with Gasteiger partial charge in [0.1, 0.15) is 28.7 Å². The van der Waals surface area contributed by atoms with Gasteiger partial charge in [-0.05, 0) is 61.2 Å². The number of furan rings is 1. The summed E-state index contributed by atoms with van der Waals surface area (Å²) >= 11 is 0. The van der Waals surface area contributed by atoms with Crippen molar-refractivity contribution >= 4 is 36.3 Å². The third-order valence-electron chi connectivity index (χ3n) is 7.59. The maximum atomic E-state index is 14.4. The fourth-order valence-corrected chi connectivity index (χ4v) is 7.00. The largest absolute Gasteiger partial charge is 0.552 e. The van der Waals surface area contributed by atoms with Gasteiger partial charge in [-0.25, -0.2) is 9.55 Å². The second-order valence-corrected chi connectivity index (χ2v) is 12.4. The number of aryl methyl sites for hydroxylation is 3. The monoisotopic (exact) mass is 609 g/mol. The Morgan fingerprint density at radius 3 is 2.25 bits per heavy atom. The number of carbonyl (C=O) groups excluding carboxylic acids is 2. The Morgan fingerprint density at radius 2 is 1.59 bits per heavy atom. The Hall–Kier alpha value is -4.88. The molecule has 5 aromatic rings. The van der Waals surface area contributed by atoms with E-state index in [0.717, 1.165) is 38.1 Å². The van der Waals surface area contributed by atoms with E-state index in [1.807, 2.05) is 49.4 Å². The summed E-state index contributed by atoms with van der Waals surface area (Å²) in [5.74, 6) is 1.14. The predicted molar refractivity (Wildman–Crippen MR) is 168 cm³/mol. The highest BCUT2D eigenvalue weighted by Crippen LogP contribution is 2.55. The summed E-state index contributed by atoms with van der Waals surface area (Å²) in [5, 5.41) is 1.05. The van der Waals surface area contributed by atoms with Gasteiger partial charge in [0, 0.05) is 37.0 Å². The first-order valence-corrected chi connectivity index (χ1v) is 15.9. The van der Waals surface area contributed by atoms with E-state index in [9.17, 15) is 14.2 Å². The number of hydrogen-bond donors (Lipinski definition) is 0. The lowest BCUT2D eigenvalue weighted by molar-refractivity contribution is -0.130. The number of rotatable bonds is 10. The van der Waals surface area contributed by atoms with Crippen molar-refractivity contribution in [3.8, 4) is 11.5 Å². The number of hydrogen-bond acceptors (Lipinski definition) is 7. The van der Waals surface area contributed by atoms with Gasteiger partial charge in [-0.3, -0.25) is 9.59 Å². The molecule has 0 saturated heterocycles. The van der Waals surface area contributed by atoms with E-state index in [4.69, 9.17) is 13.5 Å². The SMILES string of the molecule is Cc1c(CN(C)C(=O)CCc2cnc3c(c2)CCC(=O)N3P(=O)(Oc2ccccc2)Oc2ccccc2)oc2ccccc12. The molecule has 0 unspecified atom stereocenters. The van der Waals surface area contributed by atoms with Crippen molar-refractivity contribution in [2.24, 2.45) is 0 Å². The van der Waals surface area contributed by atoms with Crippen LogP contribution in [0.25, 0.3) is 11.0 Å². The zero-order valence-corrected chi connectivity index (χ0v) is 25.4. The molecule has 0 aliphatic carbocycles. The molecule has 3 aromatic carbocycles. The van der Waals surface area contributed by atoms with Gasteiger partial charge in [0.05, 0.1) is 6.54 Å². The van der Waals surface area contributed by atoms with Gasteiger partial charge in [0.2, 0.25) is 11.8 Å². The minimum Gasteiger partial charge on any atom is -0.459 e. The van der Waals surface area contributed by atoms with Gasteiger partial charge in [0.15, 0.2) is 0 Å². The Balaban J connectivity index is 1.19. The molecule has 6 rings (SSSR count). The third kappa shape index (κ3) is 6.10. The first kappa shape index (κ1) is 29.2. The molecule has 1 aliphatic heterocycles. The topological polar surface area (TPSA) is 102 Å². The molecule has 2 amide bonds. The van der Waals surface area contributed by atoms with Gasteiger partial charge in [0.25, 0.3) is 0 Å². The summed E-state index contributed by atoms with van der Waals surface area (Å²) in [4.78, 5) is 32.6. The van der Waals surface area contributed by atoms with E-state index < -0.39 is 13.7 Å². The summed E-state index contributed by atoms with van der Waals surface area (Å²) < 4.78 is 33.3. The molecule has 0 radical (unpaired) electrons. The second kappa shape index (κ2) is 12.4. The zero-order chi connectivity index (χ0) is 30.7. The van der Waals surface area contributed by atoms with Gasteiger partial charge in [-0.15, -0.1) is 0 Å². The van der Waals surface area contributed by atoms with E-state index in [0.29, 0.717) is 30.9 Å². The minimum atomic E-state index is -4.28.